The van der Waals surface area contributed by atoms with Crippen LogP contribution in [0.1, 0.15) is 0 Å². The zero-order chi connectivity index (χ0) is 12.3. The van der Waals surface area contributed by atoms with Gasteiger partial charge in [0.25, 0.3) is 10.0 Å². The summed E-state index contributed by atoms with van der Waals surface area (Å²) >= 11 is 0. The van der Waals surface area contributed by atoms with E-state index in [1.165, 1.54) is 4.90 Å². The van der Waals surface area contributed by atoms with Crippen molar-refractivity contribution in [3.63, 3.8) is 0 Å². The minimum atomic E-state index is -3.92. The first-order valence-electron chi connectivity index (χ1n) is 4.28. The number of nitrogens with zero attached hydrogens (tertiary/aromatic N) is 2. The summed E-state index contributed by atoms with van der Waals surface area (Å²) in [7, 11) is -0.703. The number of phenols is 1. The molecule has 0 radical (unpaired) electrons. The summed E-state index contributed by atoms with van der Waals surface area (Å²) in [5.74, 6) is -1.60. The van der Waals surface area contributed by atoms with E-state index in [1.54, 1.807) is 14.1 Å². The molecule has 0 aromatic heterocycles. The van der Waals surface area contributed by atoms with Gasteiger partial charge in [-0.3, -0.25) is 0 Å². The number of aromatic hydroxyl groups is 1. The highest BCUT2D eigenvalue weighted by atomic mass is 32.2. The van der Waals surface area contributed by atoms with Crippen LogP contribution in [-0.2, 0) is 10.0 Å². The molecule has 0 saturated heterocycles. The third kappa shape index (κ3) is 2.93. The van der Waals surface area contributed by atoms with Crippen molar-refractivity contribution < 1.29 is 17.9 Å². The van der Waals surface area contributed by atoms with Crippen LogP contribution in [0, 0.1) is 5.82 Å². The van der Waals surface area contributed by atoms with Gasteiger partial charge >= 0.3 is 0 Å². The first kappa shape index (κ1) is 12.4. The first-order valence-corrected chi connectivity index (χ1v) is 5.72. The van der Waals surface area contributed by atoms with Gasteiger partial charge in [0, 0.05) is 14.1 Å². The zero-order valence-electron chi connectivity index (χ0n) is 8.75. The molecule has 0 heterocycles. The summed E-state index contributed by atoms with van der Waals surface area (Å²) in [6.45, 7) is 0. The molecule has 1 N–H and O–H groups in total. The first-order chi connectivity index (χ1) is 7.33. The molecule has 1 aromatic carbocycles. The van der Waals surface area contributed by atoms with Crippen LogP contribution >= 0.6 is 0 Å². The topological polar surface area (TPSA) is 70.0 Å². The molecule has 88 valence electrons. The lowest BCUT2D eigenvalue weighted by Gasteiger charge is -2.03. The Kier molecular flexibility index (Phi) is 3.48. The highest BCUT2D eigenvalue weighted by molar-refractivity contribution is 7.90. The molecule has 0 aliphatic carbocycles. The molecule has 0 atom stereocenters. The van der Waals surface area contributed by atoms with Gasteiger partial charge in [-0.25, -0.2) is 4.39 Å². The molecule has 1 rings (SSSR count). The van der Waals surface area contributed by atoms with E-state index >= 15 is 0 Å². The monoisotopic (exact) mass is 246 g/mol. The van der Waals surface area contributed by atoms with E-state index in [0.717, 1.165) is 24.5 Å². The minimum Gasteiger partial charge on any atom is -0.505 e. The van der Waals surface area contributed by atoms with Crippen molar-refractivity contribution in [2.24, 2.45) is 4.40 Å². The normalized spacial score (nSPS) is 11.9. The fourth-order valence-corrected chi connectivity index (χ4v) is 1.79. The Hall–Kier alpha value is -1.63. The largest absolute Gasteiger partial charge is 0.505 e. The van der Waals surface area contributed by atoms with E-state index in [2.05, 4.69) is 4.40 Å². The molecule has 0 amide bonds. The lowest BCUT2D eigenvalue weighted by atomic mass is 10.3. The Morgan fingerprint density at radius 1 is 1.44 bits per heavy atom. The number of hydrogen-bond donors (Lipinski definition) is 1. The van der Waals surface area contributed by atoms with Crippen molar-refractivity contribution in [2.75, 3.05) is 14.1 Å². The maximum atomic E-state index is 12.9. The third-order valence-electron chi connectivity index (χ3n) is 1.63. The maximum absolute atomic E-state index is 12.9. The van der Waals surface area contributed by atoms with E-state index < -0.39 is 21.6 Å². The minimum absolute atomic E-state index is 0.305. The van der Waals surface area contributed by atoms with Crippen molar-refractivity contribution in [1.82, 2.24) is 4.90 Å². The standard InChI is InChI=1S/C9H11FN2O3S/c1-12(2)6-11-16(14,15)7-3-4-9(13)8(10)5-7/h3-6,13H,1-2H3. The average molecular weight is 246 g/mol. The second-order valence-corrected chi connectivity index (χ2v) is 4.91. The van der Waals surface area contributed by atoms with Crippen LogP contribution in [0.4, 0.5) is 4.39 Å². The van der Waals surface area contributed by atoms with Crippen molar-refractivity contribution >= 4 is 16.4 Å². The summed E-state index contributed by atoms with van der Waals surface area (Å²) in [4.78, 5) is 1.13. The molecule has 0 saturated carbocycles. The summed E-state index contributed by atoms with van der Waals surface area (Å²) in [5.41, 5.74) is 0. The molecule has 7 heteroatoms. The van der Waals surface area contributed by atoms with E-state index in [4.69, 9.17) is 5.11 Å². The second kappa shape index (κ2) is 4.48. The van der Waals surface area contributed by atoms with Gasteiger partial charge in [0.2, 0.25) is 0 Å². The predicted octanol–water partition coefficient (Wildman–Crippen LogP) is 0.810. The zero-order valence-corrected chi connectivity index (χ0v) is 9.57. The number of halogens is 1. The van der Waals surface area contributed by atoms with Gasteiger partial charge in [-0.2, -0.15) is 8.42 Å². The Morgan fingerprint density at radius 2 is 2.06 bits per heavy atom. The van der Waals surface area contributed by atoms with Crippen LogP contribution in [0.25, 0.3) is 0 Å². The molecule has 0 aliphatic heterocycles. The van der Waals surface area contributed by atoms with Crippen LogP contribution in [0.2, 0.25) is 0 Å². The van der Waals surface area contributed by atoms with Gasteiger partial charge in [0.15, 0.2) is 11.6 Å². The average Bonchev–Trinajstić information content (AvgIpc) is 2.19. The van der Waals surface area contributed by atoms with Gasteiger partial charge in [0.1, 0.15) is 6.34 Å². The number of benzene rings is 1. The Labute approximate surface area is 92.9 Å². The lowest BCUT2D eigenvalue weighted by Crippen LogP contribution is -2.10. The molecule has 0 spiro atoms. The van der Waals surface area contributed by atoms with Gasteiger partial charge in [-0.1, -0.05) is 0 Å². The van der Waals surface area contributed by atoms with Crippen LogP contribution in [-0.4, -0.2) is 38.9 Å². The highest BCUT2D eigenvalue weighted by Crippen LogP contribution is 2.20. The van der Waals surface area contributed by atoms with E-state index in [1.807, 2.05) is 0 Å². The number of sulfonamides is 1. The van der Waals surface area contributed by atoms with E-state index in [9.17, 15) is 12.8 Å². The van der Waals surface area contributed by atoms with E-state index in [-0.39, 0.29) is 4.90 Å². The summed E-state index contributed by atoms with van der Waals surface area (Å²) < 4.78 is 39.3. The molecule has 5 nitrogen and oxygen atoms in total. The van der Waals surface area contributed by atoms with Crippen LogP contribution in [0.15, 0.2) is 27.5 Å². The maximum Gasteiger partial charge on any atom is 0.283 e. The fourth-order valence-electron chi connectivity index (χ4n) is 0.865. The van der Waals surface area contributed by atoms with Gasteiger partial charge in [-0.05, 0) is 18.2 Å². The molecule has 0 fully saturated rings. The Bertz CT molecular complexity index is 511. The number of phenolic OH excluding ortho intramolecular Hbond substituents is 1. The smallest absolute Gasteiger partial charge is 0.283 e. The highest BCUT2D eigenvalue weighted by Gasteiger charge is 2.14. The van der Waals surface area contributed by atoms with Crippen LogP contribution in [0.5, 0.6) is 5.75 Å². The van der Waals surface area contributed by atoms with Crippen molar-refractivity contribution in [1.29, 1.82) is 0 Å². The third-order valence-corrected chi connectivity index (χ3v) is 2.86. The van der Waals surface area contributed by atoms with Gasteiger partial charge in [0.05, 0.1) is 4.90 Å². The summed E-state index contributed by atoms with van der Waals surface area (Å²) in [5, 5.41) is 8.91. The Morgan fingerprint density at radius 3 is 2.56 bits per heavy atom. The molecule has 0 bridgehead atoms. The number of hydrogen-bond acceptors (Lipinski definition) is 3. The second-order valence-electron chi connectivity index (χ2n) is 3.27. The molecule has 16 heavy (non-hydrogen) atoms. The molecule has 0 unspecified atom stereocenters. The van der Waals surface area contributed by atoms with Crippen LogP contribution in [0.3, 0.4) is 0 Å². The predicted molar refractivity (Wildman–Crippen MR) is 57.4 cm³/mol. The number of rotatable bonds is 3. The molecule has 1 aromatic rings. The lowest BCUT2D eigenvalue weighted by molar-refractivity contribution is 0.431. The van der Waals surface area contributed by atoms with Crippen molar-refractivity contribution in [2.45, 2.75) is 4.90 Å². The van der Waals surface area contributed by atoms with Crippen molar-refractivity contribution in [3.8, 4) is 5.75 Å². The van der Waals surface area contributed by atoms with Crippen molar-refractivity contribution in [3.05, 3.63) is 24.0 Å². The van der Waals surface area contributed by atoms with E-state index in [0.29, 0.717) is 0 Å². The summed E-state index contributed by atoms with van der Waals surface area (Å²) in [6.07, 6.45) is 1.10. The molecule has 0 aliphatic rings. The summed E-state index contributed by atoms with van der Waals surface area (Å²) in [6, 6.07) is 2.77. The van der Waals surface area contributed by atoms with Gasteiger partial charge in [-0.15, -0.1) is 4.40 Å². The van der Waals surface area contributed by atoms with Gasteiger partial charge < -0.3 is 10.0 Å². The fraction of sp³-hybridized carbons (Fsp3) is 0.222. The SMILES string of the molecule is CN(C)C=NS(=O)(=O)c1ccc(O)c(F)c1. The quantitative estimate of drug-likeness (QED) is 0.633. The molecular formula is C9H11FN2O3S. The van der Waals surface area contributed by atoms with Crippen LogP contribution < -0.4 is 0 Å². The Balaban J connectivity index is 3.13. The molecular weight excluding hydrogens is 235 g/mol.